The Bertz CT molecular complexity index is 389. The van der Waals surface area contributed by atoms with Gasteiger partial charge in [-0.2, -0.15) is 0 Å². The van der Waals surface area contributed by atoms with Gasteiger partial charge in [0.05, 0.1) is 5.37 Å². The molecular weight excluding hydrogens is 294 g/mol. The lowest BCUT2D eigenvalue weighted by atomic mass is 10.1. The molecule has 0 saturated heterocycles. The van der Waals surface area contributed by atoms with Crippen molar-refractivity contribution in [1.29, 1.82) is 0 Å². The first-order valence-electron chi connectivity index (χ1n) is 8.14. The topological polar surface area (TPSA) is 12.0 Å². The van der Waals surface area contributed by atoms with Crippen LogP contribution < -0.4 is 5.32 Å². The predicted molar refractivity (Wildman–Crippen MR) is 101 cm³/mol. The SMILES string of the molecule is CCCCCCCC(NC(=S)c1ccccc1)SC(C)C. The molecule has 1 aromatic carbocycles. The van der Waals surface area contributed by atoms with Crippen LogP contribution in [0.4, 0.5) is 0 Å². The van der Waals surface area contributed by atoms with Crippen LogP contribution >= 0.6 is 24.0 Å². The van der Waals surface area contributed by atoms with Gasteiger partial charge in [0.1, 0.15) is 4.99 Å². The molecule has 0 aliphatic carbocycles. The Balaban J connectivity index is 2.43. The Kier molecular flexibility index (Phi) is 9.77. The van der Waals surface area contributed by atoms with Gasteiger partial charge in [-0.3, -0.25) is 0 Å². The highest BCUT2D eigenvalue weighted by atomic mass is 32.2. The highest BCUT2D eigenvalue weighted by Crippen LogP contribution is 2.21. The van der Waals surface area contributed by atoms with Gasteiger partial charge in [0.15, 0.2) is 0 Å². The summed E-state index contributed by atoms with van der Waals surface area (Å²) in [7, 11) is 0. The molecule has 3 heteroatoms. The van der Waals surface area contributed by atoms with E-state index >= 15 is 0 Å². The molecule has 1 atom stereocenters. The van der Waals surface area contributed by atoms with Gasteiger partial charge < -0.3 is 5.32 Å². The second-order valence-electron chi connectivity index (χ2n) is 5.72. The molecule has 0 heterocycles. The number of thiocarbonyl (C=S) groups is 1. The third-order valence-electron chi connectivity index (χ3n) is 3.33. The van der Waals surface area contributed by atoms with E-state index in [1.54, 1.807) is 0 Å². The average molecular weight is 324 g/mol. The molecule has 0 aliphatic heterocycles. The smallest absolute Gasteiger partial charge is 0.107 e. The van der Waals surface area contributed by atoms with E-state index in [0.29, 0.717) is 10.6 Å². The van der Waals surface area contributed by atoms with Gasteiger partial charge in [-0.05, 0) is 6.42 Å². The van der Waals surface area contributed by atoms with E-state index in [1.807, 2.05) is 30.0 Å². The maximum absolute atomic E-state index is 5.55. The molecule has 0 aromatic heterocycles. The molecule has 0 fully saturated rings. The van der Waals surface area contributed by atoms with Crippen molar-refractivity contribution in [2.24, 2.45) is 0 Å². The van der Waals surface area contributed by atoms with Crippen LogP contribution in [-0.2, 0) is 0 Å². The Morgan fingerprint density at radius 3 is 2.38 bits per heavy atom. The highest BCUT2D eigenvalue weighted by Gasteiger charge is 2.13. The van der Waals surface area contributed by atoms with Crippen LogP contribution in [0.3, 0.4) is 0 Å². The fraction of sp³-hybridized carbons (Fsp3) is 0.611. The van der Waals surface area contributed by atoms with Gasteiger partial charge in [-0.15, -0.1) is 11.8 Å². The molecule has 0 aliphatic rings. The van der Waals surface area contributed by atoms with Crippen molar-refractivity contribution >= 4 is 29.0 Å². The molecule has 0 amide bonds. The van der Waals surface area contributed by atoms with Crippen LogP contribution in [0.2, 0.25) is 0 Å². The van der Waals surface area contributed by atoms with E-state index in [0.717, 1.165) is 10.6 Å². The minimum absolute atomic E-state index is 0.430. The van der Waals surface area contributed by atoms with Crippen LogP contribution in [0.5, 0.6) is 0 Å². The van der Waals surface area contributed by atoms with E-state index < -0.39 is 0 Å². The molecule has 0 radical (unpaired) electrons. The number of benzene rings is 1. The lowest BCUT2D eigenvalue weighted by Gasteiger charge is -2.22. The number of unbranched alkanes of at least 4 members (excludes halogenated alkanes) is 4. The molecule has 0 saturated carbocycles. The van der Waals surface area contributed by atoms with E-state index in [1.165, 1.54) is 38.5 Å². The quantitative estimate of drug-likeness (QED) is 0.333. The molecule has 1 aromatic rings. The first-order chi connectivity index (χ1) is 10.1. The first kappa shape index (κ1) is 18.5. The van der Waals surface area contributed by atoms with Gasteiger partial charge >= 0.3 is 0 Å². The summed E-state index contributed by atoms with van der Waals surface area (Å²) in [6.45, 7) is 6.77. The summed E-state index contributed by atoms with van der Waals surface area (Å²) < 4.78 is 0. The predicted octanol–water partition coefficient (Wildman–Crippen LogP) is 5.78. The maximum Gasteiger partial charge on any atom is 0.107 e. The molecule has 0 spiro atoms. The van der Waals surface area contributed by atoms with Crippen LogP contribution in [0, 0.1) is 0 Å². The van der Waals surface area contributed by atoms with Crippen molar-refractivity contribution < 1.29 is 0 Å². The molecule has 1 nitrogen and oxygen atoms in total. The fourth-order valence-electron chi connectivity index (χ4n) is 2.26. The number of rotatable bonds is 10. The summed E-state index contributed by atoms with van der Waals surface area (Å²) in [5.74, 6) is 0. The lowest BCUT2D eigenvalue weighted by Crippen LogP contribution is -2.32. The van der Waals surface area contributed by atoms with Gasteiger partial charge in [-0.25, -0.2) is 0 Å². The van der Waals surface area contributed by atoms with Gasteiger partial charge in [-0.1, -0.05) is 95.4 Å². The van der Waals surface area contributed by atoms with Crippen molar-refractivity contribution in [2.45, 2.75) is 69.9 Å². The van der Waals surface area contributed by atoms with Crippen molar-refractivity contribution in [3.63, 3.8) is 0 Å². The normalized spacial score (nSPS) is 12.4. The summed E-state index contributed by atoms with van der Waals surface area (Å²) >= 11 is 7.53. The van der Waals surface area contributed by atoms with Crippen molar-refractivity contribution in [2.75, 3.05) is 0 Å². The number of hydrogen-bond donors (Lipinski definition) is 1. The molecule has 118 valence electrons. The number of nitrogens with one attached hydrogen (secondary N) is 1. The zero-order valence-corrected chi connectivity index (χ0v) is 15.2. The lowest BCUT2D eigenvalue weighted by molar-refractivity contribution is 0.588. The van der Waals surface area contributed by atoms with Crippen molar-refractivity contribution in [3.8, 4) is 0 Å². The molecule has 21 heavy (non-hydrogen) atoms. The Morgan fingerprint density at radius 2 is 1.76 bits per heavy atom. The van der Waals surface area contributed by atoms with E-state index in [9.17, 15) is 0 Å². The van der Waals surface area contributed by atoms with E-state index in [4.69, 9.17) is 12.2 Å². The average Bonchev–Trinajstić information content (AvgIpc) is 2.47. The zero-order chi connectivity index (χ0) is 15.5. The summed E-state index contributed by atoms with van der Waals surface area (Å²) in [4.78, 5) is 0.877. The minimum atomic E-state index is 0.430. The van der Waals surface area contributed by atoms with Crippen molar-refractivity contribution in [1.82, 2.24) is 5.32 Å². The van der Waals surface area contributed by atoms with E-state index in [-0.39, 0.29) is 0 Å². The first-order valence-corrected chi connectivity index (χ1v) is 9.50. The number of thioether (sulfide) groups is 1. The Labute approximate surface area is 140 Å². The van der Waals surface area contributed by atoms with Crippen LogP contribution in [-0.4, -0.2) is 15.6 Å². The van der Waals surface area contributed by atoms with Crippen LogP contribution in [0.1, 0.15) is 64.9 Å². The molecular formula is C18H29NS2. The summed E-state index contributed by atoms with van der Waals surface area (Å²) in [5.41, 5.74) is 1.12. The van der Waals surface area contributed by atoms with Gasteiger partial charge in [0.25, 0.3) is 0 Å². The third kappa shape index (κ3) is 8.47. The summed E-state index contributed by atoms with van der Waals surface area (Å²) in [6.07, 6.45) is 7.84. The molecule has 1 N–H and O–H groups in total. The second-order valence-corrected chi connectivity index (χ2v) is 7.91. The fourth-order valence-corrected chi connectivity index (χ4v) is 3.75. The maximum atomic E-state index is 5.55. The molecule has 0 bridgehead atoms. The second kappa shape index (κ2) is 11.1. The summed E-state index contributed by atoms with van der Waals surface area (Å²) in [5, 5.41) is 4.60. The Morgan fingerprint density at radius 1 is 1.10 bits per heavy atom. The van der Waals surface area contributed by atoms with Crippen molar-refractivity contribution in [3.05, 3.63) is 35.9 Å². The number of hydrogen-bond acceptors (Lipinski definition) is 2. The molecule has 1 unspecified atom stereocenters. The van der Waals surface area contributed by atoms with E-state index in [2.05, 4.69) is 38.2 Å². The summed E-state index contributed by atoms with van der Waals surface area (Å²) in [6, 6.07) is 10.3. The Hall–Kier alpha value is -0.540. The standard InChI is InChI=1S/C18H29NS2/c1-4-5-6-7-11-14-17(21-15(2)3)19-18(20)16-12-9-8-10-13-16/h8-10,12-13,15,17H,4-7,11,14H2,1-3H3,(H,19,20). The largest absolute Gasteiger partial charge is 0.364 e. The highest BCUT2D eigenvalue weighted by molar-refractivity contribution is 8.00. The molecule has 1 rings (SSSR count). The minimum Gasteiger partial charge on any atom is -0.364 e. The van der Waals surface area contributed by atoms with Gasteiger partial charge in [0.2, 0.25) is 0 Å². The third-order valence-corrected chi connectivity index (χ3v) is 4.91. The van der Waals surface area contributed by atoms with Crippen LogP contribution in [0.25, 0.3) is 0 Å². The monoisotopic (exact) mass is 323 g/mol. The van der Waals surface area contributed by atoms with Gasteiger partial charge in [0, 0.05) is 10.8 Å². The zero-order valence-electron chi connectivity index (χ0n) is 13.6. The van der Waals surface area contributed by atoms with Crippen LogP contribution in [0.15, 0.2) is 30.3 Å².